The molecule has 1 aromatic carbocycles. The summed E-state index contributed by atoms with van der Waals surface area (Å²) < 4.78 is 32.4. The molecule has 8 heteroatoms. The first-order chi connectivity index (χ1) is 13.9. The number of halogens is 2. The molecule has 29 heavy (non-hydrogen) atoms. The number of nitrogens with zero attached hydrogens (tertiary/aromatic N) is 2. The largest absolute Gasteiger partial charge is 0.497 e. The molecule has 1 atom stereocenters. The van der Waals surface area contributed by atoms with Crippen molar-refractivity contribution in [2.45, 2.75) is 45.3 Å². The van der Waals surface area contributed by atoms with E-state index in [0.717, 1.165) is 11.3 Å². The van der Waals surface area contributed by atoms with Gasteiger partial charge in [0.15, 0.2) is 0 Å². The number of carbonyl (C=O) groups excluding carboxylic acids is 2. The van der Waals surface area contributed by atoms with Crippen molar-refractivity contribution in [2.24, 2.45) is 0 Å². The summed E-state index contributed by atoms with van der Waals surface area (Å²) in [6.45, 7) is -0.302. The quantitative estimate of drug-likeness (QED) is 0.800. The van der Waals surface area contributed by atoms with E-state index in [-0.39, 0.29) is 17.6 Å². The maximum Gasteiger partial charge on any atom is 0.319 e. The monoisotopic (exact) mass is 405 g/mol. The number of nitrogens with one attached hydrogen (secondary N) is 1. The highest BCUT2D eigenvalue weighted by atomic mass is 19.3. The predicted octanol–water partition coefficient (Wildman–Crippen LogP) is 3.51. The van der Waals surface area contributed by atoms with Crippen LogP contribution >= 0.6 is 0 Å². The van der Waals surface area contributed by atoms with E-state index in [2.05, 4.69) is 5.32 Å². The molecule has 0 spiro atoms. The van der Waals surface area contributed by atoms with Gasteiger partial charge in [0.25, 0.3) is 5.91 Å². The lowest BCUT2D eigenvalue weighted by Crippen LogP contribution is -2.37. The van der Waals surface area contributed by atoms with Crippen LogP contribution in [0.3, 0.4) is 0 Å². The third kappa shape index (κ3) is 4.93. The van der Waals surface area contributed by atoms with Crippen molar-refractivity contribution in [2.75, 3.05) is 13.7 Å². The Kier molecular flexibility index (Phi) is 6.51. The van der Waals surface area contributed by atoms with E-state index in [1.165, 1.54) is 19.1 Å². The number of alkyl halides is 2. The Hall–Kier alpha value is -2.90. The van der Waals surface area contributed by atoms with Crippen LogP contribution in [0.4, 0.5) is 8.78 Å². The molecule has 1 aromatic heterocycles. The highest BCUT2D eigenvalue weighted by molar-refractivity contribution is 5.93. The van der Waals surface area contributed by atoms with E-state index < -0.39 is 12.5 Å². The fraction of sp³-hybridized carbons (Fsp3) is 0.429. The Morgan fingerprint density at radius 3 is 2.79 bits per heavy atom. The van der Waals surface area contributed by atoms with Gasteiger partial charge in [-0.25, -0.2) is 0 Å². The molecule has 1 unspecified atom stereocenters. The van der Waals surface area contributed by atoms with E-state index >= 15 is 0 Å². The molecule has 0 bridgehead atoms. The molecule has 2 aromatic rings. The zero-order valence-corrected chi connectivity index (χ0v) is 16.5. The normalized spacial score (nSPS) is 17.3. The lowest BCUT2D eigenvalue weighted by atomic mass is 10.1. The molecule has 0 aliphatic carbocycles. The van der Waals surface area contributed by atoms with E-state index in [9.17, 15) is 18.4 Å². The van der Waals surface area contributed by atoms with Crippen molar-refractivity contribution < 1.29 is 23.1 Å². The number of hydrogen-bond acceptors (Lipinski definition) is 3. The summed E-state index contributed by atoms with van der Waals surface area (Å²) >= 11 is 0. The number of aromatic nitrogens is 1. The number of likely N-dealkylation sites (tertiary alicyclic amines) is 1. The lowest BCUT2D eigenvalue weighted by Gasteiger charge is -2.21. The molecule has 1 aliphatic rings. The number of aryl methyl sites for hydroxylation is 1. The number of hydrogen-bond donors (Lipinski definition) is 1. The van der Waals surface area contributed by atoms with Gasteiger partial charge < -0.3 is 15.0 Å². The zero-order chi connectivity index (χ0) is 21.0. The summed E-state index contributed by atoms with van der Waals surface area (Å²) in [5.41, 5.74) is 1.22. The van der Waals surface area contributed by atoms with Crippen LogP contribution in [0, 0.1) is 6.92 Å². The molecule has 2 heterocycles. The Labute approximate surface area is 168 Å². The molecule has 1 aliphatic heterocycles. The van der Waals surface area contributed by atoms with Gasteiger partial charge in [0.05, 0.1) is 7.11 Å². The SMILES string of the molecule is COc1cccc(CN2CCC(NC(=O)c3ccc(C)n3C(F)F)CCC2=O)c1. The fourth-order valence-electron chi connectivity index (χ4n) is 3.59. The van der Waals surface area contributed by atoms with Crippen LogP contribution in [0.15, 0.2) is 36.4 Å². The van der Waals surface area contributed by atoms with Gasteiger partial charge in [-0.2, -0.15) is 8.78 Å². The third-order valence-corrected chi connectivity index (χ3v) is 5.20. The number of ether oxygens (including phenoxy) is 1. The molecule has 0 saturated carbocycles. The van der Waals surface area contributed by atoms with E-state index in [1.807, 2.05) is 24.3 Å². The lowest BCUT2D eigenvalue weighted by molar-refractivity contribution is -0.131. The van der Waals surface area contributed by atoms with Gasteiger partial charge in [-0.3, -0.25) is 14.2 Å². The van der Waals surface area contributed by atoms with Crippen molar-refractivity contribution >= 4 is 11.8 Å². The van der Waals surface area contributed by atoms with Crippen molar-refractivity contribution in [3.8, 4) is 5.75 Å². The van der Waals surface area contributed by atoms with Gasteiger partial charge in [-0.15, -0.1) is 0 Å². The summed E-state index contributed by atoms with van der Waals surface area (Å²) in [5.74, 6) is 0.195. The summed E-state index contributed by atoms with van der Waals surface area (Å²) in [7, 11) is 1.59. The molecule has 1 fully saturated rings. The Morgan fingerprint density at radius 1 is 1.28 bits per heavy atom. The van der Waals surface area contributed by atoms with E-state index in [4.69, 9.17) is 4.74 Å². The van der Waals surface area contributed by atoms with Crippen LogP contribution in [0.25, 0.3) is 0 Å². The van der Waals surface area contributed by atoms with Crippen LogP contribution < -0.4 is 10.1 Å². The first kappa shape index (κ1) is 20.8. The van der Waals surface area contributed by atoms with E-state index in [0.29, 0.717) is 42.6 Å². The van der Waals surface area contributed by atoms with Crippen molar-refractivity contribution in [3.63, 3.8) is 0 Å². The van der Waals surface area contributed by atoms with Gasteiger partial charge in [0.1, 0.15) is 11.4 Å². The van der Waals surface area contributed by atoms with Crippen molar-refractivity contribution in [1.29, 1.82) is 0 Å². The fourth-order valence-corrected chi connectivity index (χ4v) is 3.59. The molecule has 1 saturated heterocycles. The first-order valence-electron chi connectivity index (χ1n) is 9.56. The minimum Gasteiger partial charge on any atom is -0.497 e. The summed E-state index contributed by atoms with van der Waals surface area (Å²) in [6.07, 6.45) is 1.34. The predicted molar refractivity (Wildman–Crippen MR) is 104 cm³/mol. The highest BCUT2D eigenvalue weighted by Gasteiger charge is 2.26. The number of amides is 2. The standard InChI is InChI=1S/C21H25F2N3O3/c1-14-6-8-18(26(14)21(22)23)20(28)24-16-7-9-19(27)25(11-10-16)13-15-4-3-5-17(12-15)29-2/h3-6,8,12,16,21H,7,9-11,13H2,1-2H3,(H,24,28). The Bertz CT molecular complexity index is 882. The Morgan fingerprint density at radius 2 is 2.07 bits per heavy atom. The van der Waals surface area contributed by atoms with Crippen LogP contribution in [0.2, 0.25) is 0 Å². The summed E-state index contributed by atoms with van der Waals surface area (Å²) in [6, 6.07) is 10.2. The summed E-state index contributed by atoms with van der Waals surface area (Å²) in [4.78, 5) is 26.8. The molecular weight excluding hydrogens is 380 g/mol. The topological polar surface area (TPSA) is 63.6 Å². The minimum absolute atomic E-state index is 0.0105. The van der Waals surface area contributed by atoms with Crippen molar-refractivity contribution in [3.05, 3.63) is 53.3 Å². The van der Waals surface area contributed by atoms with Gasteiger partial charge in [0.2, 0.25) is 5.91 Å². The molecule has 2 amide bonds. The second kappa shape index (κ2) is 9.07. The maximum absolute atomic E-state index is 13.2. The number of benzene rings is 1. The number of methoxy groups -OCH3 is 1. The smallest absolute Gasteiger partial charge is 0.319 e. The zero-order valence-electron chi connectivity index (χ0n) is 16.5. The number of carbonyl (C=O) groups is 2. The minimum atomic E-state index is -2.78. The summed E-state index contributed by atoms with van der Waals surface area (Å²) in [5, 5.41) is 2.81. The molecule has 0 radical (unpaired) electrons. The van der Waals surface area contributed by atoms with E-state index in [1.54, 1.807) is 12.0 Å². The van der Waals surface area contributed by atoms with Crippen LogP contribution in [0.5, 0.6) is 5.75 Å². The van der Waals surface area contributed by atoms with Gasteiger partial charge in [-0.05, 0) is 49.6 Å². The molecule has 156 valence electrons. The van der Waals surface area contributed by atoms with Crippen LogP contribution in [-0.2, 0) is 11.3 Å². The van der Waals surface area contributed by atoms with Gasteiger partial charge in [-0.1, -0.05) is 12.1 Å². The van der Waals surface area contributed by atoms with Gasteiger partial charge in [0, 0.05) is 31.2 Å². The average Bonchev–Trinajstić information content (AvgIpc) is 3.02. The molecular formula is C21H25F2N3O3. The maximum atomic E-state index is 13.2. The van der Waals surface area contributed by atoms with Gasteiger partial charge >= 0.3 is 6.55 Å². The first-order valence-corrected chi connectivity index (χ1v) is 9.56. The average molecular weight is 405 g/mol. The third-order valence-electron chi connectivity index (χ3n) is 5.20. The number of rotatable bonds is 6. The second-order valence-corrected chi connectivity index (χ2v) is 7.17. The second-order valence-electron chi connectivity index (χ2n) is 7.17. The van der Waals surface area contributed by atoms with Crippen LogP contribution in [0.1, 0.15) is 47.6 Å². The molecule has 3 rings (SSSR count). The highest BCUT2D eigenvalue weighted by Crippen LogP contribution is 2.21. The molecule has 1 N–H and O–H groups in total. The molecule has 6 nitrogen and oxygen atoms in total. The van der Waals surface area contributed by atoms with Crippen molar-refractivity contribution in [1.82, 2.24) is 14.8 Å². The van der Waals surface area contributed by atoms with Crippen LogP contribution in [-0.4, -0.2) is 41.0 Å². The Balaban J connectivity index is 1.63.